The predicted molar refractivity (Wildman–Crippen MR) is 68.3 cm³/mol. The lowest BCUT2D eigenvalue weighted by Crippen LogP contribution is -2.01. The number of halogens is 1. The lowest BCUT2D eigenvalue weighted by molar-refractivity contribution is 0.356. The normalized spacial score (nSPS) is 11.4. The number of hydrogen-bond donors (Lipinski definition) is 1. The zero-order chi connectivity index (χ0) is 12.7. The van der Waals surface area contributed by atoms with Gasteiger partial charge in [0.1, 0.15) is 17.2 Å². The van der Waals surface area contributed by atoms with Crippen LogP contribution in [0, 0.1) is 0 Å². The summed E-state index contributed by atoms with van der Waals surface area (Å²) < 4.78 is 15.1. The fourth-order valence-corrected chi connectivity index (χ4v) is 1.45. The van der Waals surface area contributed by atoms with E-state index in [2.05, 4.69) is 4.98 Å². The molecule has 0 aliphatic carbocycles. The van der Waals surface area contributed by atoms with Gasteiger partial charge < -0.3 is 14.7 Å². The van der Waals surface area contributed by atoms with Crippen LogP contribution >= 0.6 is 23.9 Å². The van der Waals surface area contributed by atoms with E-state index >= 15 is 0 Å². The number of methoxy groups -OCH3 is 1. The monoisotopic (exact) mass is 276 g/mol. The van der Waals surface area contributed by atoms with Crippen molar-refractivity contribution in [2.45, 2.75) is 6.92 Å². The Morgan fingerprint density at radius 2 is 2.41 bits per heavy atom. The molecule has 0 amide bonds. The first-order valence-electron chi connectivity index (χ1n) is 4.79. The van der Waals surface area contributed by atoms with Crippen LogP contribution in [-0.2, 0) is 8.37 Å². The number of hydrogen-bond acceptors (Lipinski definition) is 6. The lowest BCUT2D eigenvalue weighted by atomic mass is 10.2. The third kappa shape index (κ3) is 4.33. The molecular formula is C10H13ClN2O3S. The average molecular weight is 277 g/mol. The number of rotatable bonds is 6. The van der Waals surface area contributed by atoms with Gasteiger partial charge in [-0.1, -0.05) is 11.6 Å². The largest absolute Gasteiger partial charge is 0.496 e. The van der Waals surface area contributed by atoms with Crippen LogP contribution in [-0.4, -0.2) is 18.7 Å². The SMILES string of the molecule is CCOSO/C=C(/N)c1cnc(Cl)cc1OC. The molecule has 1 aromatic heterocycles. The van der Waals surface area contributed by atoms with Crippen LogP contribution in [0.25, 0.3) is 5.70 Å². The summed E-state index contributed by atoms with van der Waals surface area (Å²) in [5.74, 6) is 0.531. The van der Waals surface area contributed by atoms with Crippen LogP contribution < -0.4 is 10.5 Å². The molecule has 0 radical (unpaired) electrons. The lowest BCUT2D eigenvalue weighted by Gasteiger charge is -2.08. The fraction of sp³-hybridized carbons (Fsp3) is 0.300. The first kappa shape index (κ1) is 14.0. The molecular weight excluding hydrogens is 264 g/mol. The summed E-state index contributed by atoms with van der Waals surface area (Å²) in [6, 6.07) is 1.58. The molecule has 0 saturated carbocycles. The van der Waals surface area contributed by atoms with Gasteiger partial charge in [-0.3, -0.25) is 4.18 Å². The summed E-state index contributed by atoms with van der Waals surface area (Å²) in [6.07, 6.45) is 2.87. The summed E-state index contributed by atoms with van der Waals surface area (Å²) in [5, 5.41) is 0.336. The molecule has 0 unspecified atom stereocenters. The van der Waals surface area contributed by atoms with E-state index in [9.17, 15) is 0 Å². The van der Waals surface area contributed by atoms with Gasteiger partial charge in [-0.2, -0.15) is 0 Å². The molecule has 94 valence electrons. The Hall–Kier alpha value is -1.11. The van der Waals surface area contributed by atoms with Crippen LogP contribution in [0.15, 0.2) is 18.5 Å². The van der Waals surface area contributed by atoms with E-state index < -0.39 is 0 Å². The predicted octanol–water partition coefficient (Wildman–Crippen LogP) is 2.62. The minimum absolute atomic E-state index is 0.336. The molecule has 1 rings (SSSR count). The zero-order valence-electron chi connectivity index (χ0n) is 9.47. The van der Waals surface area contributed by atoms with Crippen LogP contribution in [0.5, 0.6) is 5.75 Å². The molecule has 0 bridgehead atoms. The summed E-state index contributed by atoms with van der Waals surface area (Å²) >= 11 is 6.59. The van der Waals surface area contributed by atoms with Gasteiger partial charge in [0.05, 0.1) is 25.0 Å². The van der Waals surface area contributed by atoms with E-state index in [-0.39, 0.29) is 0 Å². The highest BCUT2D eigenvalue weighted by Gasteiger charge is 2.07. The molecule has 0 aliphatic heterocycles. The molecule has 1 heterocycles. The topological polar surface area (TPSA) is 66.6 Å². The Labute approximate surface area is 109 Å². The zero-order valence-corrected chi connectivity index (χ0v) is 11.0. The van der Waals surface area contributed by atoms with E-state index in [4.69, 9.17) is 30.4 Å². The highest BCUT2D eigenvalue weighted by molar-refractivity contribution is 7.89. The van der Waals surface area contributed by atoms with Crippen molar-refractivity contribution in [2.24, 2.45) is 5.73 Å². The van der Waals surface area contributed by atoms with Gasteiger partial charge in [-0.05, 0) is 6.92 Å². The number of pyridine rings is 1. The summed E-state index contributed by atoms with van der Waals surface area (Å²) in [5.41, 5.74) is 6.79. The van der Waals surface area contributed by atoms with Crippen molar-refractivity contribution >= 4 is 29.6 Å². The quantitative estimate of drug-likeness (QED) is 0.373. The van der Waals surface area contributed by atoms with E-state index in [1.165, 1.54) is 19.6 Å². The maximum absolute atomic E-state index is 5.81. The molecule has 5 nitrogen and oxygen atoms in total. The van der Waals surface area contributed by atoms with E-state index in [0.29, 0.717) is 28.8 Å². The van der Waals surface area contributed by atoms with Gasteiger partial charge in [-0.15, -0.1) is 0 Å². The van der Waals surface area contributed by atoms with Crippen LogP contribution in [0.2, 0.25) is 5.15 Å². The number of aromatic nitrogens is 1. The molecule has 0 fully saturated rings. The molecule has 0 aromatic carbocycles. The van der Waals surface area contributed by atoms with Crippen molar-refractivity contribution in [3.05, 3.63) is 29.2 Å². The van der Waals surface area contributed by atoms with Crippen LogP contribution in [0.3, 0.4) is 0 Å². The Kier molecular flexibility index (Phi) is 5.96. The van der Waals surface area contributed by atoms with Crippen molar-refractivity contribution in [3.63, 3.8) is 0 Å². The second-order valence-electron chi connectivity index (χ2n) is 2.85. The van der Waals surface area contributed by atoms with Gasteiger partial charge in [0.2, 0.25) is 12.3 Å². The van der Waals surface area contributed by atoms with Crippen molar-refractivity contribution in [1.82, 2.24) is 4.98 Å². The standard InChI is InChI=1S/C10H13ClN2O3S/c1-3-15-17-16-6-8(12)7-5-13-10(11)4-9(7)14-2/h4-6H,3,12H2,1-2H3/b8-6+. The Morgan fingerprint density at radius 3 is 3.06 bits per heavy atom. The molecule has 0 spiro atoms. The maximum Gasteiger partial charge on any atom is 0.224 e. The van der Waals surface area contributed by atoms with Gasteiger partial charge in [0, 0.05) is 12.3 Å². The minimum atomic E-state index is 0.336. The summed E-state index contributed by atoms with van der Waals surface area (Å²) in [7, 11) is 1.53. The first-order valence-corrected chi connectivity index (χ1v) is 5.84. The highest BCUT2D eigenvalue weighted by atomic mass is 35.5. The molecule has 0 saturated heterocycles. The van der Waals surface area contributed by atoms with E-state index in [0.717, 1.165) is 12.3 Å². The second-order valence-corrected chi connectivity index (χ2v) is 3.80. The Bertz CT molecular complexity index is 401. The molecule has 17 heavy (non-hydrogen) atoms. The van der Waals surface area contributed by atoms with Gasteiger partial charge in [0.15, 0.2) is 0 Å². The second kappa shape index (κ2) is 7.26. The Balaban J connectivity index is 2.77. The Morgan fingerprint density at radius 1 is 1.65 bits per heavy atom. The van der Waals surface area contributed by atoms with E-state index in [1.807, 2.05) is 6.92 Å². The van der Waals surface area contributed by atoms with Crippen molar-refractivity contribution < 1.29 is 13.1 Å². The van der Waals surface area contributed by atoms with Crippen LogP contribution in [0.1, 0.15) is 12.5 Å². The third-order valence-corrected chi connectivity index (χ3v) is 2.46. The molecule has 0 aliphatic rings. The average Bonchev–Trinajstić information content (AvgIpc) is 2.34. The van der Waals surface area contributed by atoms with Gasteiger partial charge in [-0.25, -0.2) is 4.98 Å². The molecule has 0 atom stereocenters. The van der Waals surface area contributed by atoms with E-state index in [1.54, 1.807) is 6.07 Å². The summed E-state index contributed by atoms with van der Waals surface area (Å²) in [4.78, 5) is 3.92. The van der Waals surface area contributed by atoms with Gasteiger partial charge in [0.25, 0.3) is 0 Å². The molecule has 7 heteroatoms. The third-order valence-electron chi connectivity index (χ3n) is 1.74. The summed E-state index contributed by atoms with van der Waals surface area (Å²) in [6.45, 7) is 2.40. The first-order chi connectivity index (χ1) is 8.19. The fourth-order valence-electron chi connectivity index (χ4n) is 1.01. The highest BCUT2D eigenvalue weighted by Crippen LogP contribution is 2.25. The maximum atomic E-state index is 5.81. The van der Waals surface area contributed by atoms with Crippen molar-refractivity contribution in [1.29, 1.82) is 0 Å². The minimum Gasteiger partial charge on any atom is -0.496 e. The van der Waals surface area contributed by atoms with Gasteiger partial charge >= 0.3 is 0 Å². The van der Waals surface area contributed by atoms with Crippen molar-refractivity contribution in [3.8, 4) is 5.75 Å². The number of nitrogens with zero attached hydrogens (tertiary/aromatic N) is 1. The smallest absolute Gasteiger partial charge is 0.224 e. The molecule has 2 N–H and O–H groups in total. The van der Waals surface area contributed by atoms with Crippen molar-refractivity contribution in [2.75, 3.05) is 13.7 Å². The number of ether oxygens (including phenoxy) is 1. The van der Waals surface area contributed by atoms with Crippen LogP contribution in [0.4, 0.5) is 0 Å². The number of nitrogens with two attached hydrogens (primary N) is 1. The molecule has 1 aromatic rings.